The third kappa shape index (κ3) is 5.65. The summed E-state index contributed by atoms with van der Waals surface area (Å²) in [5.74, 6) is 0.981. The summed E-state index contributed by atoms with van der Waals surface area (Å²) >= 11 is 0. The third-order valence-corrected chi connectivity index (χ3v) is 4.13. The zero-order valence-corrected chi connectivity index (χ0v) is 17.6. The van der Waals surface area contributed by atoms with E-state index in [1.54, 1.807) is 12.1 Å². The maximum absolute atomic E-state index is 12.3. The molecule has 0 aliphatic carbocycles. The molecule has 0 radical (unpaired) electrons. The molecule has 0 atom stereocenters. The van der Waals surface area contributed by atoms with Crippen molar-refractivity contribution >= 4 is 11.0 Å². The smallest absolute Gasteiger partial charge is 0.383 e. The predicted molar refractivity (Wildman–Crippen MR) is 113 cm³/mol. The fourth-order valence-electron chi connectivity index (χ4n) is 2.79. The Bertz CT molecular complexity index is 914. The van der Waals surface area contributed by atoms with Crippen LogP contribution in [-0.4, -0.2) is 19.8 Å². The highest BCUT2D eigenvalue weighted by Crippen LogP contribution is 2.38. The molecule has 152 valence electrons. The molecule has 0 unspecified atom stereocenters. The Labute approximate surface area is 166 Å². The normalized spacial score (nSPS) is 11.6. The van der Waals surface area contributed by atoms with Crippen molar-refractivity contribution in [3.05, 3.63) is 51.9 Å². The maximum Gasteiger partial charge on any atom is 0.383 e. The largest absolute Gasteiger partial charge is 0.492 e. The number of fused-ring (bicyclic) bond motifs is 1. The summed E-state index contributed by atoms with van der Waals surface area (Å²) in [6, 6.07) is 5.33. The quantitative estimate of drug-likeness (QED) is 0.411. The number of hydrogen-bond acceptors (Lipinski definition) is 5. The summed E-state index contributed by atoms with van der Waals surface area (Å²) in [5, 5.41) is 0.593. The minimum atomic E-state index is -0.565. The van der Waals surface area contributed by atoms with Crippen LogP contribution in [0.2, 0.25) is 0 Å². The standard InChI is InChI=1S/C23H30O5/c1-15(2)9-7-10-17(5)13-14-26-18-11-8-12-19-20(18)21(25-6)22(23(24)28-19)27-16(3)4/h8-9,11-13,16H,7,10,14H2,1-6H3/b17-13+. The van der Waals surface area contributed by atoms with Gasteiger partial charge in [-0.1, -0.05) is 23.3 Å². The lowest BCUT2D eigenvalue weighted by Gasteiger charge is -2.15. The molecule has 0 amide bonds. The third-order valence-electron chi connectivity index (χ3n) is 4.13. The first-order chi connectivity index (χ1) is 13.3. The van der Waals surface area contributed by atoms with E-state index >= 15 is 0 Å². The number of ether oxygens (including phenoxy) is 3. The topological polar surface area (TPSA) is 57.9 Å². The number of benzene rings is 1. The summed E-state index contributed by atoms with van der Waals surface area (Å²) in [6.45, 7) is 10.4. The average molecular weight is 386 g/mol. The van der Waals surface area contributed by atoms with Gasteiger partial charge in [-0.2, -0.15) is 0 Å². The van der Waals surface area contributed by atoms with Gasteiger partial charge in [-0.25, -0.2) is 4.79 Å². The first kappa shape index (κ1) is 21.6. The van der Waals surface area contributed by atoms with Crippen molar-refractivity contribution in [2.45, 2.75) is 53.6 Å². The molecular formula is C23H30O5. The lowest BCUT2D eigenvalue weighted by Crippen LogP contribution is -2.15. The fraction of sp³-hybridized carbons (Fsp3) is 0.435. The van der Waals surface area contributed by atoms with Gasteiger partial charge in [0.1, 0.15) is 23.3 Å². The SMILES string of the molecule is COc1c(OC(C)C)c(=O)oc2cccc(OC/C=C(\C)CCC=C(C)C)c12. The molecule has 0 spiro atoms. The molecule has 1 heterocycles. The van der Waals surface area contributed by atoms with Gasteiger partial charge in [-0.3, -0.25) is 0 Å². The summed E-state index contributed by atoms with van der Waals surface area (Å²) in [5.41, 5.74) is 2.43. The molecule has 0 N–H and O–H groups in total. The van der Waals surface area contributed by atoms with E-state index in [1.165, 1.54) is 18.3 Å². The van der Waals surface area contributed by atoms with E-state index in [1.807, 2.05) is 19.9 Å². The van der Waals surface area contributed by atoms with Gasteiger partial charge in [0, 0.05) is 0 Å². The van der Waals surface area contributed by atoms with E-state index in [-0.39, 0.29) is 11.9 Å². The van der Waals surface area contributed by atoms with Crippen molar-refractivity contribution in [2.75, 3.05) is 13.7 Å². The predicted octanol–water partition coefficient (Wildman–Crippen LogP) is 5.66. The Hall–Kier alpha value is -2.69. The highest BCUT2D eigenvalue weighted by atomic mass is 16.5. The zero-order chi connectivity index (χ0) is 20.7. The van der Waals surface area contributed by atoms with Gasteiger partial charge in [0.15, 0.2) is 5.75 Å². The van der Waals surface area contributed by atoms with E-state index in [2.05, 4.69) is 32.9 Å². The molecule has 0 saturated heterocycles. The van der Waals surface area contributed by atoms with Gasteiger partial charge in [-0.15, -0.1) is 0 Å². The van der Waals surface area contributed by atoms with E-state index < -0.39 is 5.63 Å². The van der Waals surface area contributed by atoms with Gasteiger partial charge in [0.25, 0.3) is 0 Å². The Morgan fingerprint density at radius 2 is 1.89 bits per heavy atom. The molecule has 2 rings (SSSR count). The molecule has 0 aliphatic rings. The van der Waals surface area contributed by atoms with Crippen LogP contribution in [0.4, 0.5) is 0 Å². The molecule has 1 aromatic carbocycles. The fourth-order valence-corrected chi connectivity index (χ4v) is 2.79. The highest BCUT2D eigenvalue weighted by molar-refractivity contribution is 5.91. The van der Waals surface area contributed by atoms with Crippen molar-refractivity contribution in [3.63, 3.8) is 0 Å². The average Bonchev–Trinajstić information content (AvgIpc) is 2.62. The summed E-state index contributed by atoms with van der Waals surface area (Å²) in [7, 11) is 1.51. The maximum atomic E-state index is 12.3. The summed E-state index contributed by atoms with van der Waals surface area (Å²) in [4.78, 5) is 12.3. The van der Waals surface area contributed by atoms with Crippen molar-refractivity contribution in [2.24, 2.45) is 0 Å². The molecule has 2 aromatic rings. The lowest BCUT2D eigenvalue weighted by atomic mass is 10.1. The number of allylic oxidation sites excluding steroid dienone is 3. The number of methoxy groups -OCH3 is 1. The number of hydrogen-bond donors (Lipinski definition) is 0. The molecule has 0 fully saturated rings. The summed E-state index contributed by atoms with van der Waals surface area (Å²) < 4.78 is 22.5. The van der Waals surface area contributed by atoms with E-state index in [0.717, 1.165) is 12.8 Å². The first-order valence-electron chi connectivity index (χ1n) is 9.55. The van der Waals surface area contributed by atoms with Gasteiger partial charge < -0.3 is 18.6 Å². The van der Waals surface area contributed by atoms with E-state index in [0.29, 0.717) is 29.1 Å². The highest BCUT2D eigenvalue weighted by Gasteiger charge is 2.21. The molecule has 0 saturated carbocycles. The molecular weight excluding hydrogens is 356 g/mol. The van der Waals surface area contributed by atoms with Gasteiger partial charge >= 0.3 is 5.63 Å². The van der Waals surface area contributed by atoms with Gasteiger partial charge in [0.05, 0.1) is 13.2 Å². The van der Waals surface area contributed by atoms with Gasteiger partial charge in [-0.05, 0) is 65.7 Å². The van der Waals surface area contributed by atoms with Crippen LogP contribution < -0.4 is 19.8 Å². The second-order valence-electron chi connectivity index (χ2n) is 7.23. The monoisotopic (exact) mass is 386 g/mol. The van der Waals surface area contributed by atoms with Crippen LogP contribution in [0.5, 0.6) is 17.2 Å². The van der Waals surface area contributed by atoms with E-state index in [4.69, 9.17) is 18.6 Å². The molecule has 28 heavy (non-hydrogen) atoms. The molecule has 1 aromatic heterocycles. The molecule has 5 nitrogen and oxygen atoms in total. The Balaban J connectivity index is 2.30. The Morgan fingerprint density at radius 3 is 2.54 bits per heavy atom. The molecule has 0 aliphatic heterocycles. The van der Waals surface area contributed by atoms with Crippen LogP contribution in [0.25, 0.3) is 11.0 Å². The van der Waals surface area contributed by atoms with Crippen LogP contribution >= 0.6 is 0 Å². The Kier molecular flexibility index (Phi) is 7.73. The molecule has 5 heteroatoms. The number of rotatable bonds is 9. The van der Waals surface area contributed by atoms with Crippen LogP contribution in [0.3, 0.4) is 0 Å². The zero-order valence-electron chi connectivity index (χ0n) is 17.6. The minimum Gasteiger partial charge on any atom is -0.492 e. The van der Waals surface area contributed by atoms with E-state index in [9.17, 15) is 4.79 Å². The minimum absolute atomic E-state index is 0.0643. The van der Waals surface area contributed by atoms with Crippen molar-refractivity contribution in [3.8, 4) is 17.2 Å². The Morgan fingerprint density at radius 1 is 1.14 bits per heavy atom. The van der Waals surface area contributed by atoms with Crippen LogP contribution in [-0.2, 0) is 0 Å². The van der Waals surface area contributed by atoms with Crippen LogP contribution in [0.1, 0.15) is 47.5 Å². The van der Waals surface area contributed by atoms with Crippen LogP contribution in [0, 0.1) is 0 Å². The second-order valence-corrected chi connectivity index (χ2v) is 7.23. The molecule has 0 bridgehead atoms. The lowest BCUT2D eigenvalue weighted by molar-refractivity contribution is 0.220. The first-order valence-corrected chi connectivity index (χ1v) is 9.55. The summed E-state index contributed by atoms with van der Waals surface area (Å²) in [6.07, 6.45) is 6.12. The van der Waals surface area contributed by atoms with Crippen molar-refractivity contribution in [1.82, 2.24) is 0 Å². The van der Waals surface area contributed by atoms with Gasteiger partial charge in [0.2, 0.25) is 5.75 Å². The van der Waals surface area contributed by atoms with Crippen molar-refractivity contribution < 1.29 is 18.6 Å². The second kappa shape index (κ2) is 10.0. The van der Waals surface area contributed by atoms with Crippen LogP contribution in [0.15, 0.2) is 50.7 Å². The van der Waals surface area contributed by atoms with Crippen molar-refractivity contribution in [1.29, 1.82) is 0 Å².